The van der Waals surface area contributed by atoms with Crippen LogP contribution in [0.5, 0.6) is 5.75 Å². The van der Waals surface area contributed by atoms with Gasteiger partial charge in [0.05, 0.1) is 18.2 Å². The lowest BCUT2D eigenvalue weighted by atomic mass is 9.94. The van der Waals surface area contributed by atoms with E-state index in [4.69, 9.17) is 26.8 Å². The first kappa shape index (κ1) is 31.4. The molecular formula is C26H30ClF3N6O5S. The quantitative estimate of drug-likeness (QED) is 0.342. The second-order valence-electron chi connectivity index (χ2n) is 11.2. The Labute approximate surface area is 245 Å². The monoisotopic (exact) mass is 630 g/mol. The molecule has 1 aliphatic rings. The summed E-state index contributed by atoms with van der Waals surface area (Å²) in [6, 6.07) is 5.86. The third-order valence-corrected chi connectivity index (χ3v) is 8.19. The summed E-state index contributed by atoms with van der Waals surface area (Å²) in [5, 5.41) is 5.95. The highest BCUT2D eigenvalue weighted by atomic mass is 35.5. The number of aromatic amines is 1. The molecule has 1 fully saturated rings. The third-order valence-electron chi connectivity index (χ3n) is 6.23. The number of alkyl halides is 3. The van der Waals surface area contributed by atoms with E-state index in [-0.39, 0.29) is 53.2 Å². The molecule has 1 aromatic heterocycles. The van der Waals surface area contributed by atoms with Crippen molar-refractivity contribution in [2.75, 3.05) is 25.9 Å². The van der Waals surface area contributed by atoms with Crippen molar-refractivity contribution in [1.82, 2.24) is 24.8 Å². The number of H-pyrrole nitrogens is 1. The molecule has 2 aromatic carbocycles. The van der Waals surface area contributed by atoms with Gasteiger partial charge in [-0.1, -0.05) is 17.7 Å². The van der Waals surface area contributed by atoms with Crippen LogP contribution < -0.4 is 15.2 Å². The Hall–Kier alpha value is -3.56. The van der Waals surface area contributed by atoms with E-state index in [0.717, 1.165) is 12.1 Å². The fourth-order valence-electron chi connectivity index (χ4n) is 4.60. The molecule has 0 bridgehead atoms. The minimum atomic E-state index is -4.84. The standard InChI is InChI=1S/C26H30ClF3N6O5S/c1-24(2,3)41-23(37)36-12-25(4,13-36)35-42(38,39)19-11-15(6-7-18(19)40-5)21-16(26(28,29)30)8-14(9-17(21)27)10-20-32-22(31)34-33-20/h6-9,11,35H,10,12-13H2,1-5H3,(H3,31,32,33,34). The second-order valence-corrected chi connectivity index (χ2v) is 13.2. The Morgan fingerprint density at radius 2 is 1.88 bits per heavy atom. The van der Waals surface area contributed by atoms with Gasteiger partial charge in [0.1, 0.15) is 22.1 Å². The average molecular weight is 631 g/mol. The van der Waals surface area contributed by atoms with E-state index < -0.39 is 49.5 Å². The molecule has 0 radical (unpaired) electrons. The topological polar surface area (TPSA) is 153 Å². The molecule has 4 N–H and O–H groups in total. The first-order valence-corrected chi connectivity index (χ1v) is 14.4. The Morgan fingerprint density at radius 3 is 2.43 bits per heavy atom. The zero-order chi connectivity index (χ0) is 31.3. The number of amides is 1. The average Bonchev–Trinajstić information content (AvgIpc) is 3.24. The SMILES string of the molecule is COc1ccc(-c2c(Cl)cc(Cc3nc(N)n[nH]3)cc2C(F)(F)F)cc1S(=O)(=O)NC1(C)CN(C(=O)OC(C)(C)C)C1. The van der Waals surface area contributed by atoms with E-state index in [1.807, 2.05) is 0 Å². The van der Waals surface area contributed by atoms with Crippen LogP contribution in [0.3, 0.4) is 0 Å². The number of hydrogen-bond acceptors (Lipinski definition) is 8. The van der Waals surface area contributed by atoms with Crippen LogP contribution in [0.25, 0.3) is 11.1 Å². The number of nitrogens with two attached hydrogens (primary N) is 1. The molecule has 1 saturated heterocycles. The lowest BCUT2D eigenvalue weighted by Crippen LogP contribution is -2.69. The summed E-state index contributed by atoms with van der Waals surface area (Å²) < 4.78 is 83.0. The number of nitrogens with one attached hydrogen (secondary N) is 2. The minimum absolute atomic E-state index is 0.0193. The predicted molar refractivity (Wildman–Crippen MR) is 149 cm³/mol. The molecule has 11 nitrogen and oxygen atoms in total. The van der Waals surface area contributed by atoms with Gasteiger partial charge in [0.2, 0.25) is 16.0 Å². The van der Waals surface area contributed by atoms with Crippen molar-refractivity contribution in [1.29, 1.82) is 0 Å². The molecule has 3 aromatic rings. The van der Waals surface area contributed by atoms with E-state index in [1.165, 1.54) is 30.2 Å². The number of methoxy groups -OCH3 is 1. The third kappa shape index (κ3) is 6.90. The summed E-state index contributed by atoms with van der Waals surface area (Å²) in [6.45, 7) is 6.77. The summed E-state index contributed by atoms with van der Waals surface area (Å²) in [7, 11) is -3.11. The summed E-state index contributed by atoms with van der Waals surface area (Å²) in [4.78, 5) is 17.2. The number of hydrogen-bond donors (Lipinski definition) is 3. The molecule has 0 spiro atoms. The van der Waals surface area contributed by atoms with Gasteiger partial charge >= 0.3 is 12.3 Å². The molecule has 0 saturated carbocycles. The molecule has 0 aliphatic carbocycles. The highest BCUT2D eigenvalue weighted by Crippen LogP contribution is 2.43. The van der Waals surface area contributed by atoms with E-state index in [2.05, 4.69) is 19.9 Å². The number of ether oxygens (including phenoxy) is 2. The zero-order valence-corrected chi connectivity index (χ0v) is 25.0. The highest BCUT2D eigenvalue weighted by molar-refractivity contribution is 7.89. The number of nitrogen functional groups attached to an aromatic ring is 1. The fraction of sp³-hybridized carbons (Fsp3) is 0.423. The van der Waals surface area contributed by atoms with Crippen LogP contribution >= 0.6 is 11.6 Å². The first-order valence-electron chi connectivity index (χ1n) is 12.6. The number of carbonyl (C=O) groups is 1. The summed E-state index contributed by atoms with van der Waals surface area (Å²) >= 11 is 6.40. The lowest BCUT2D eigenvalue weighted by molar-refractivity contribution is -0.137. The van der Waals surface area contributed by atoms with Crippen LogP contribution in [0.4, 0.5) is 23.9 Å². The number of anilines is 1. The Bertz CT molecular complexity index is 1620. The van der Waals surface area contributed by atoms with Gasteiger partial charge in [0, 0.05) is 30.1 Å². The number of sulfonamides is 1. The molecule has 0 atom stereocenters. The van der Waals surface area contributed by atoms with Gasteiger partial charge < -0.3 is 20.1 Å². The Kier molecular flexibility index (Phi) is 8.17. The van der Waals surface area contributed by atoms with Crippen LogP contribution in [0.15, 0.2) is 35.2 Å². The zero-order valence-electron chi connectivity index (χ0n) is 23.4. The number of likely N-dealkylation sites (tertiary alicyclic amines) is 1. The molecule has 1 amide bonds. The number of nitrogens with zero attached hydrogens (tertiary/aromatic N) is 3. The van der Waals surface area contributed by atoms with Crippen molar-refractivity contribution in [3.05, 3.63) is 52.3 Å². The number of carbonyl (C=O) groups excluding carboxylic acids is 1. The fourth-order valence-corrected chi connectivity index (χ4v) is 6.54. The summed E-state index contributed by atoms with van der Waals surface area (Å²) in [6.07, 6.45) is -5.49. The molecule has 4 rings (SSSR count). The normalized spacial score (nSPS) is 15.3. The molecule has 42 heavy (non-hydrogen) atoms. The maximum absolute atomic E-state index is 14.3. The van der Waals surface area contributed by atoms with Gasteiger partial charge in [0.25, 0.3) is 0 Å². The Morgan fingerprint density at radius 1 is 1.21 bits per heavy atom. The maximum Gasteiger partial charge on any atom is 0.417 e. The van der Waals surface area contributed by atoms with Crippen LogP contribution in [0, 0.1) is 0 Å². The smallest absolute Gasteiger partial charge is 0.417 e. The van der Waals surface area contributed by atoms with Gasteiger partial charge in [-0.25, -0.2) is 17.9 Å². The number of rotatable bonds is 7. The van der Waals surface area contributed by atoms with Gasteiger partial charge in [-0.05, 0) is 63.1 Å². The molecular weight excluding hydrogens is 601 g/mol. The van der Waals surface area contributed by atoms with Gasteiger partial charge in [-0.3, -0.25) is 5.10 Å². The van der Waals surface area contributed by atoms with Crippen molar-refractivity contribution in [2.45, 2.75) is 56.3 Å². The van der Waals surface area contributed by atoms with Crippen LogP contribution in [0.2, 0.25) is 5.02 Å². The van der Waals surface area contributed by atoms with Gasteiger partial charge in [-0.15, -0.1) is 5.10 Å². The molecule has 16 heteroatoms. The van der Waals surface area contributed by atoms with Crippen molar-refractivity contribution in [3.63, 3.8) is 0 Å². The molecule has 2 heterocycles. The highest BCUT2D eigenvalue weighted by Gasteiger charge is 2.46. The van der Waals surface area contributed by atoms with E-state index in [0.29, 0.717) is 0 Å². The van der Waals surface area contributed by atoms with E-state index in [1.54, 1.807) is 27.7 Å². The summed E-state index contributed by atoms with van der Waals surface area (Å²) in [5.41, 5.74) is 2.30. The lowest BCUT2D eigenvalue weighted by Gasteiger charge is -2.47. The largest absolute Gasteiger partial charge is 0.495 e. The van der Waals surface area contributed by atoms with Crippen LogP contribution in [-0.2, 0) is 27.4 Å². The first-order chi connectivity index (χ1) is 19.3. The number of aromatic nitrogens is 3. The molecule has 1 aliphatic heterocycles. The molecule has 0 unspecified atom stereocenters. The number of benzene rings is 2. The van der Waals surface area contributed by atoms with Gasteiger partial charge in [0.15, 0.2) is 0 Å². The molecule has 228 valence electrons. The van der Waals surface area contributed by atoms with Crippen LogP contribution in [0.1, 0.15) is 44.6 Å². The minimum Gasteiger partial charge on any atom is -0.495 e. The Balaban J connectivity index is 1.68. The van der Waals surface area contributed by atoms with E-state index >= 15 is 0 Å². The summed E-state index contributed by atoms with van der Waals surface area (Å²) in [5.74, 6) is 0.0862. The van der Waals surface area contributed by atoms with Crippen molar-refractivity contribution in [3.8, 4) is 16.9 Å². The number of halogens is 4. The van der Waals surface area contributed by atoms with Crippen LogP contribution in [-0.4, -0.2) is 65.9 Å². The second kappa shape index (κ2) is 10.9. The van der Waals surface area contributed by atoms with Crippen molar-refractivity contribution < 1.29 is 35.9 Å². The van der Waals surface area contributed by atoms with E-state index in [9.17, 15) is 26.4 Å². The van der Waals surface area contributed by atoms with Crippen molar-refractivity contribution >= 4 is 33.7 Å². The van der Waals surface area contributed by atoms with Gasteiger partial charge in [-0.2, -0.15) is 18.2 Å². The van der Waals surface area contributed by atoms with Crippen molar-refractivity contribution in [2.24, 2.45) is 0 Å². The maximum atomic E-state index is 14.3. The predicted octanol–water partition coefficient (Wildman–Crippen LogP) is 4.61.